The maximum Gasteiger partial charge on any atom is 0.0919 e. The fraction of sp³-hybridized carbons (Fsp3) is 0.636. The third-order valence-electron chi connectivity index (χ3n) is 2.66. The predicted octanol–water partition coefficient (Wildman–Crippen LogP) is 1.89. The quantitative estimate of drug-likeness (QED) is 0.672. The molecule has 0 amide bonds. The van der Waals surface area contributed by atoms with E-state index < -0.39 is 0 Å². The number of nitrogens with two attached hydrogens (primary N) is 1. The van der Waals surface area contributed by atoms with Gasteiger partial charge in [0.05, 0.1) is 5.66 Å². The highest BCUT2D eigenvalue weighted by Gasteiger charge is 2.28. The van der Waals surface area contributed by atoms with Crippen LogP contribution in [0, 0.1) is 0 Å². The Labute approximate surface area is 81.1 Å². The summed E-state index contributed by atoms with van der Waals surface area (Å²) < 4.78 is 0. The molecule has 74 valence electrons. The molecule has 0 bridgehead atoms. The molecule has 0 fully saturated rings. The topological polar surface area (TPSA) is 29.3 Å². The monoisotopic (exact) mass is 180 g/mol. The van der Waals surface area contributed by atoms with Crippen molar-refractivity contribution in [2.24, 2.45) is 5.73 Å². The highest BCUT2D eigenvalue weighted by Crippen LogP contribution is 2.22. The summed E-state index contributed by atoms with van der Waals surface area (Å²) in [4.78, 5) is 2.29. The molecule has 2 heteroatoms. The zero-order valence-corrected chi connectivity index (χ0v) is 8.88. The number of rotatable bonds is 3. The number of nitrogens with zero attached hydrogens (tertiary/aromatic N) is 1. The average Bonchev–Trinajstić information content (AvgIpc) is 2.05. The van der Waals surface area contributed by atoms with Crippen LogP contribution < -0.4 is 5.73 Å². The van der Waals surface area contributed by atoms with Crippen LogP contribution in [0.5, 0.6) is 0 Å². The van der Waals surface area contributed by atoms with Crippen LogP contribution >= 0.6 is 0 Å². The number of allylic oxidation sites excluding steroid dienone is 2. The third kappa shape index (κ3) is 2.20. The minimum absolute atomic E-state index is 0.248. The Morgan fingerprint density at radius 2 is 2.08 bits per heavy atom. The van der Waals surface area contributed by atoms with Crippen LogP contribution in [0.1, 0.15) is 27.2 Å². The van der Waals surface area contributed by atoms with Crippen LogP contribution in [0.4, 0.5) is 0 Å². The Morgan fingerprint density at radius 1 is 1.46 bits per heavy atom. The van der Waals surface area contributed by atoms with E-state index in [4.69, 9.17) is 5.73 Å². The van der Waals surface area contributed by atoms with Gasteiger partial charge >= 0.3 is 0 Å². The molecule has 0 radical (unpaired) electrons. The van der Waals surface area contributed by atoms with Crippen molar-refractivity contribution in [2.75, 3.05) is 13.1 Å². The van der Waals surface area contributed by atoms with Gasteiger partial charge in [0, 0.05) is 6.42 Å². The molecule has 0 saturated heterocycles. The largest absolute Gasteiger partial charge is 0.310 e. The van der Waals surface area contributed by atoms with Gasteiger partial charge in [-0.2, -0.15) is 0 Å². The highest BCUT2D eigenvalue weighted by atomic mass is 15.3. The molecule has 0 spiro atoms. The summed E-state index contributed by atoms with van der Waals surface area (Å²) in [5, 5.41) is 0. The van der Waals surface area contributed by atoms with Crippen LogP contribution in [-0.2, 0) is 0 Å². The maximum absolute atomic E-state index is 6.31. The molecule has 1 atom stereocenters. The normalized spacial score (nSPS) is 27.9. The van der Waals surface area contributed by atoms with E-state index in [2.05, 4.69) is 43.9 Å². The molecule has 0 aliphatic heterocycles. The van der Waals surface area contributed by atoms with E-state index in [1.807, 2.05) is 0 Å². The van der Waals surface area contributed by atoms with Gasteiger partial charge in [0.2, 0.25) is 0 Å². The SMILES string of the molecule is CCN(CC)C1(N)C=C(C)C=CC1. The first kappa shape index (κ1) is 10.5. The Kier molecular flexibility index (Phi) is 3.28. The van der Waals surface area contributed by atoms with Gasteiger partial charge in [0.15, 0.2) is 0 Å². The first-order valence-corrected chi connectivity index (χ1v) is 5.02. The van der Waals surface area contributed by atoms with Crippen molar-refractivity contribution in [1.82, 2.24) is 4.90 Å². The highest BCUT2D eigenvalue weighted by molar-refractivity contribution is 5.27. The molecule has 1 aliphatic carbocycles. The van der Waals surface area contributed by atoms with Crippen LogP contribution in [0.25, 0.3) is 0 Å². The molecular weight excluding hydrogens is 160 g/mol. The van der Waals surface area contributed by atoms with E-state index in [1.165, 1.54) is 5.57 Å². The van der Waals surface area contributed by atoms with E-state index >= 15 is 0 Å². The summed E-state index contributed by atoms with van der Waals surface area (Å²) in [6, 6.07) is 0. The Balaban J connectivity index is 2.81. The van der Waals surface area contributed by atoms with Crippen molar-refractivity contribution in [3.63, 3.8) is 0 Å². The second-order valence-electron chi connectivity index (χ2n) is 3.66. The van der Waals surface area contributed by atoms with Gasteiger partial charge in [-0.25, -0.2) is 0 Å². The lowest BCUT2D eigenvalue weighted by Crippen LogP contribution is -2.54. The van der Waals surface area contributed by atoms with E-state index in [0.29, 0.717) is 0 Å². The van der Waals surface area contributed by atoms with E-state index in [1.54, 1.807) is 0 Å². The van der Waals surface area contributed by atoms with Crippen LogP contribution in [0.2, 0.25) is 0 Å². The molecule has 13 heavy (non-hydrogen) atoms. The zero-order chi connectivity index (χ0) is 9.90. The van der Waals surface area contributed by atoms with Gasteiger partial charge in [-0.15, -0.1) is 0 Å². The van der Waals surface area contributed by atoms with E-state index in [0.717, 1.165) is 19.5 Å². The number of hydrogen-bond donors (Lipinski definition) is 1. The summed E-state index contributed by atoms with van der Waals surface area (Å²) in [6.07, 6.45) is 7.38. The molecule has 0 aromatic heterocycles. The second kappa shape index (κ2) is 4.07. The van der Waals surface area contributed by atoms with Crippen molar-refractivity contribution in [2.45, 2.75) is 32.9 Å². The maximum atomic E-state index is 6.31. The molecule has 1 unspecified atom stereocenters. The minimum atomic E-state index is -0.248. The molecule has 2 N–H and O–H groups in total. The first-order valence-electron chi connectivity index (χ1n) is 5.02. The van der Waals surface area contributed by atoms with Crippen molar-refractivity contribution >= 4 is 0 Å². The summed E-state index contributed by atoms with van der Waals surface area (Å²) in [6.45, 7) is 8.41. The van der Waals surface area contributed by atoms with Gasteiger partial charge in [0.1, 0.15) is 0 Å². The predicted molar refractivity (Wildman–Crippen MR) is 57.4 cm³/mol. The Bertz CT molecular complexity index is 226. The summed E-state index contributed by atoms with van der Waals surface area (Å²) in [5.41, 5.74) is 7.33. The van der Waals surface area contributed by atoms with E-state index in [9.17, 15) is 0 Å². The fourth-order valence-corrected chi connectivity index (χ4v) is 1.97. The molecule has 0 aromatic rings. The van der Waals surface area contributed by atoms with Gasteiger partial charge in [0.25, 0.3) is 0 Å². The molecular formula is C11H20N2. The Hall–Kier alpha value is -0.600. The second-order valence-corrected chi connectivity index (χ2v) is 3.66. The summed E-state index contributed by atoms with van der Waals surface area (Å²) >= 11 is 0. The summed E-state index contributed by atoms with van der Waals surface area (Å²) in [7, 11) is 0. The van der Waals surface area contributed by atoms with Crippen molar-refractivity contribution in [1.29, 1.82) is 0 Å². The smallest absolute Gasteiger partial charge is 0.0919 e. The number of likely N-dealkylation sites (N-methyl/N-ethyl adjacent to an activating group) is 1. The summed E-state index contributed by atoms with van der Waals surface area (Å²) in [5.74, 6) is 0. The first-order chi connectivity index (χ1) is 6.12. The van der Waals surface area contributed by atoms with Crippen LogP contribution in [-0.4, -0.2) is 23.7 Å². The van der Waals surface area contributed by atoms with Gasteiger partial charge < -0.3 is 5.73 Å². The molecule has 0 heterocycles. The van der Waals surface area contributed by atoms with Gasteiger partial charge in [-0.1, -0.05) is 31.6 Å². The van der Waals surface area contributed by atoms with Gasteiger partial charge in [-0.3, -0.25) is 4.90 Å². The van der Waals surface area contributed by atoms with Crippen molar-refractivity contribution in [3.8, 4) is 0 Å². The van der Waals surface area contributed by atoms with Crippen molar-refractivity contribution in [3.05, 3.63) is 23.8 Å². The lowest BCUT2D eigenvalue weighted by Gasteiger charge is -2.38. The molecule has 0 aromatic carbocycles. The third-order valence-corrected chi connectivity index (χ3v) is 2.66. The molecule has 2 nitrogen and oxygen atoms in total. The molecule has 1 rings (SSSR count). The molecule has 1 aliphatic rings. The van der Waals surface area contributed by atoms with Crippen LogP contribution in [0.15, 0.2) is 23.8 Å². The van der Waals surface area contributed by atoms with E-state index in [-0.39, 0.29) is 5.66 Å². The zero-order valence-electron chi connectivity index (χ0n) is 8.88. The van der Waals surface area contributed by atoms with Crippen LogP contribution in [0.3, 0.4) is 0 Å². The Morgan fingerprint density at radius 3 is 2.54 bits per heavy atom. The average molecular weight is 180 g/mol. The lowest BCUT2D eigenvalue weighted by atomic mass is 9.96. The minimum Gasteiger partial charge on any atom is -0.310 e. The number of hydrogen-bond acceptors (Lipinski definition) is 2. The standard InChI is InChI=1S/C11H20N2/c1-4-13(5-2)11(12)8-6-7-10(3)9-11/h6-7,9H,4-5,8,12H2,1-3H3. The fourth-order valence-electron chi connectivity index (χ4n) is 1.97. The van der Waals surface area contributed by atoms with Gasteiger partial charge in [-0.05, 0) is 26.1 Å². The van der Waals surface area contributed by atoms with Crippen molar-refractivity contribution < 1.29 is 0 Å². The lowest BCUT2D eigenvalue weighted by molar-refractivity contribution is 0.151. The molecule has 0 saturated carbocycles.